The quantitative estimate of drug-likeness (QED) is 0.831. The van der Waals surface area contributed by atoms with Gasteiger partial charge in [-0.1, -0.05) is 24.3 Å². The van der Waals surface area contributed by atoms with Crippen molar-refractivity contribution in [1.29, 1.82) is 0 Å². The maximum absolute atomic E-state index is 11.2. The fourth-order valence-corrected chi connectivity index (χ4v) is 2.24. The van der Waals surface area contributed by atoms with Gasteiger partial charge in [-0.3, -0.25) is 14.1 Å². The van der Waals surface area contributed by atoms with Gasteiger partial charge in [0, 0.05) is 22.5 Å². The highest BCUT2D eigenvalue weighted by atomic mass is 32.2. The van der Waals surface area contributed by atoms with E-state index in [9.17, 15) is 13.8 Å². The fourth-order valence-electron chi connectivity index (χ4n) is 2.04. The molecule has 0 bridgehead atoms. The average Bonchev–Trinajstić information content (AvgIpc) is 2.50. The second-order valence-electron chi connectivity index (χ2n) is 4.84. The Bertz CT molecular complexity index is 791. The number of hydrogen-bond donors (Lipinski definition) is 1. The number of rotatable bonds is 2. The van der Waals surface area contributed by atoms with Gasteiger partial charge < -0.3 is 4.18 Å². The van der Waals surface area contributed by atoms with E-state index in [4.69, 9.17) is 4.55 Å². The Balaban J connectivity index is 0.000000174. The normalized spacial score (nSPS) is 13.6. The number of nitrogens with zero attached hydrogens (tertiary/aromatic N) is 2. The van der Waals surface area contributed by atoms with Crippen LogP contribution in [-0.4, -0.2) is 30.3 Å². The summed E-state index contributed by atoms with van der Waals surface area (Å²) in [5.41, 5.74) is 2.40. The van der Waals surface area contributed by atoms with Gasteiger partial charge in [0.2, 0.25) is 0 Å². The highest BCUT2D eigenvalue weighted by Gasteiger charge is 2.16. The SMILES string of the molecule is Cc1cc(C)nc(OS(=O)O)n1.O=C1C=CC(=O)c2ccccc21. The Morgan fingerprint density at radius 2 is 1.42 bits per heavy atom. The molecule has 24 heavy (non-hydrogen) atoms. The number of aryl methyl sites for hydroxylation is 2. The van der Waals surface area contributed by atoms with Crippen molar-refractivity contribution in [2.45, 2.75) is 13.8 Å². The van der Waals surface area contributed by atoms with E-state index in [1.54, 1.807) is 44.2 Å². The molecular weight excluding hydrogens is 332 g/mol. The van der Waals surface area contributed by atoms with Gasteiger partial charge >= 0.3 is 17.4 Å². The predicted molar refractivity (Wildman–Crippen MR) is 87.1 cm³/mol. The van der Waals surface area contributed by atoms with E-state index in [1.165, 1.54) is 12.2 Å². The molecule has 1 atom stereocenters. The smallest absolute Gasteiger partial charge is 0.341 e. The van der Waals surface area contributed by atoms with Crippen LogP contribution < -0.4 is 4.18 Å². The summed E-state index contributed by atoms with van der Waals surface area (Å²) in [6.45, 7) is 3.50. The van der Waals surface area contributed by atoms with E-state index in [0.29, 0.717) is 22.5 Å². The Hall–Kier alpha value is -2.71. The molecule has 8 heteroatoms. The van der Waals surface area contributed by atoms with Crippen molar-refractivity contribution in [3.63, 3.8) is 0 Å². The zero-order valence-corrected chi connectivity index (χ0v) is 13.7. The minimum atomic E-state index is -2.36. The van der Waals surface area contributed by atoms with E-state index in [2.05, 4.69) is 14.2 Å². The van der Waals surface area contributed by atoms with Gasteiger partial charge in [-0.2, -0.15) is 14.2 Å². The van der Waals surface area contributed by atoms with Gasteiger partial charge in [-0.25, -0.2) is 0 Å². The molecule has 1 aromatic carbocycles. The highest BCUT2D eigenvalue weighted by Crippen LogP contribution is 2.15. The maximum Gasteiger partial charge on any atom is 0.360 e. The van der Waals surface area contributed by atoms with Crippen LogP contribution in [0.15, 0.2) is 42.5 Å². The molecule has 0 radical (unpaired) electrons. The van der Waals surface area contributed by atoms with Crippen LogP contribution in [-0.2, 0) is 11.4 Å². The lowest BCUT2D eigenvalue weighted by molar-refractivity contribution is 0.0994. The lowest BCUT2D eigenvalue weighted by Gasteiger charge is -2.06. The number of allylic oxidation sites excluding steroid dienone is 2. The maximum atomic E-state index is 11.2. The third-order valence-electron chi connectivity index (χ3n) is 2.95. The monoisotopic (exact) mass is 346 g/mol. The van der Waals surface area contributed by atoms with Crippen LogP contribution in [0.1, 0.15) is 32.1 Å². The van der Waals surface area contributed by atoms with Crippen LogP contribution in [0.5, 0.6) is 6.01 Å². The molecule has 1 unspecified atom stereocenters. The summed E-state index contributed by atoms with van der Waals surface area (Å²) >= 11 is -2.36. The zero-order chi connectivity index (χ0) is 17.7. The Morgan fingerprint density at radius 3 is 1.83 bits per heavy atom. The Morgan fingerprint density at radius 1 is 0.958 bits per heavy atom. The minimum Gasteiger partial charge on any atom is -0.341 e. The van der Waals surface area contributed by atoms with Gasteiger partial charge in [-0.15, -0.1) is 0 Å². The summed E-state index contributed by atoms with van der Waals surface area (Å²) in [5, 5.41) is 0. The molecule has 3 rings (SSSR count). The van der Waals surface area contributed by atoms with Crippen molar-refractivity contribution in [3.05, 3.63) is 65.0 Å². The summed E-state index contributed by atoms with van der Waals surface area (Å²) in [6, 6.07) is 8.51. The molecule has 124 valence electrons. The predicted octanol–water partition coefficient (Wildman–Crippen LogP) is 2.23. The van der Waals surface area contributed by atoms with Crippen molar-refractivity contribution in [2.24, 2.45) is 0 Å². The third-order valence-corrected chi connectivity index (χ3v) is 3.24. The standard InChI is InChI=1S/C10H6O2.C6H8N2O3S/c11-9-5-6-10(12)8-4-2-1-3-7(8)9;1-4-3-5(2)8-6(7-4)11-12(9)10/h1-6H;3H,1-2H3,(H,9,10). The Labute approximate surface area is 140 Å². The second kappa shape index (κ2) is 7.71. The lowest BCUT2D eigenvalue weighted by atomic mass is 9.95. The van der Waals surface area contributed by atoms with E-state index in [0.717, 1.165) is 0 Å². The number of carbonyl (C=O) groups excluding carboxylic acids is 2. The van der Waals surface area contributed by atoms with Gasteiger partial charge in [0.25, 0.3) is 0 Å². The van der Waals surface area contributed by atoms with Crippen molar-refractivity contribution < 1.29 is 22.5 Å². The van der Waals surface area contributed by atoms with Gasteiger partial charge in [0.1, 0.15) is 0 Å². The third kappa shape index (κ3) is 4.64. The van der Waals surface area contributed by atoms with Crippen molar-refractivity contribution in [2.75, 3.05) is 0 Å². The molecule has 0 saturated heterocycles. The molecule has 1 N–H and O–H groups in total. The molecule has 1 heterocycles. The average molecular weight is 346 g/mol. The first-order valence-electron chi connectivity index (χ1n) is 6.84. The second-order valence-corrected chi connectivity index (χ2v) is 5.44. The van der Waals surface area contributed by atoms with E-state index in [-0.39, 0.29) is 17.6 Å². The van der Waals surface area contributed by atoms with Crippen molar-refractivity contribution in [1.82, 2.24) is 9.97 Å². The molecule has 0 saturated carbocycles. The van der Waals surface area contributed by atoms with Gasteiger partial charge in [0.15, 0.2) is 11.6 Å². The number of benzene rings is 1. The molecule has 0 fully saturated rings. The van der Waals surface area contributed by atoms with E-state index >= 15 is 0 Å². The molecule has 0 aliphatic heterocycles. The molecule has 1 aliphatic carbocycles. The lowest BCUT2D eigenvalue weighted by Crippen LogP contribution is -2.10. The van der Waals surface area contributed by atoms with Crippen LogP contribution in [0.3, 0.4) is 0 Å². The van der Waals surface area contributed by atoms with Crippen LogP contribution >= 0.6 is 0 Å². The number of carbonyl (C=O) groups is 2. The number of hydrogen-bond acceptors (Lipinski definition) is 6. The van der Waals surface area contributed by atoms with Crippen LogP contribution in [0.25, 0.3) is 0 Å². The number of aromatic nitrogens is 2. The summed E-state index contributed by atoms with van der Waals surface area (Å²) in [7, 11) is 0. The first-order chi connectivity index (χ1) is 11.4. The van der Waals surface area contributed by atoms with Crippen LogP contribution in [0.4, 0.5) is 0 Å². The zero-order valence-electron chi connectivity index (χ0n) is 12.9. The Kier molecular flexibility index (Phi) is 5.67. The van der Waals surface area contributed by atoms with Crippen LogP contribution in [0.2, 0.25) is 0 Å². The molecule has 0 spiro atoms. The molecule has 0 amide bonds. The van der Waals surface area contributed by atoms with Crippen LogP contribution in [0, 0.1) is 13.8 Å². The minimum absolute atomic E-state index is 0.0756. The summed E-state index contributed by atoms with van der Waals surface area (Å²) in [5.74, 6) is -0.185. The first kappa shape index (κ1) is 17.6. The highest BCUT2D eigenvalue weighted by molar-refractivity contribution is 7.74. The summed E-state index contributed by atoms with van der Waals surface area (Å²) < 4.78 is 22.9. The van der Waals surface area contributed by atoms with Gasteiger partial charge in [-0.05, 0) is 32.1 Å². The molecule has 1 aliphatic rings. The van der Waals surface area contributed by atoms with Gasteiger partial charge in [0.05, 0.1) is 0 Å². The molecular formula is C16H14N2O5S. The molecule has 7 nitrogen and oxygen atoms in total. The first-order valence-corrected chi connectivity index (χ1v) is 7.87. The topological polar surface area (TPSA) is 106 Å². The summed E-state index contributed by atoms with van der Waals surface area (Å²) in [4.78, 5) is 30.0. The van der Waals surface area contributed by atoms with Crippen molar-refractivity contribution >= 4 is 22.9 Å². The number of fused-ring (bicyclic) bond motifs is 1. The molecule has 1 aromatic heterocycles. The van der Waals surface area contributed by atoms with Crippen molar-refractivity contribution in [3.8, 4) is 6.01 Å². The largest absolute Gasteiger partial charge is 0.360 e. The van der Waals surface area contributed by atoms with E-state index < -0.39 is 11.4 Å². The molecule has 2 aromatic rings. The summed E-state index contributed by atoms with van der Waals surface area (Å²) in [6.07, 6.45) is 2.62. The number of ketones is 2. The fraction of sp³-hybridized carbons (Fsp3) is 0.125. The van der Waals surface area contributed by atoms with E-state index in [1.807, 2.05) is 0 Å².